The molecule has 57 heavy (non-hydrogen) atoms. The SMILES string of the molecule is C=C(C)c1cnc(-c2cc(Cl)ccc2F)cc1Cl.C=C(C)c1cnc(-c2cc(Cl)ccc2F)cc1Nc1ccnc2ccccc12.Nc1ccnc2ccccc12. The number of aromatic nitrogens is 4. The summed E-state index contributed by atoms with van der Waals surface area (Å²) in [5.74, 6) is -0.758. The van der Waals surface area contributed by atoms with E-state index in [0.29, 0.717) is 37.6 Å². The Kier molecular flexibility index (Phi) is 12.9. The molecule has 0 bridgehead atoms. The minimum absolute atomic E-state index is 0.331. The maximum atomic E-state index is 14.3. The second kappa shape index (κ2) is 18.2. The van der Waals surface area contributed by atoms with Crippen molar-refractivity contribution < 1.29 is 8.78 Å². The minimum atomic E-state index is -0.383. The van der Waals surface area contributed by atoms with Crippen LogP contribution in [0.4, 0.5) is 25.8 Å². The van der Waals surface area contributed by atoms with Crippen LogP contribution in [0.25, 0.3) is 55.5 Å². The van der Waals surface area contributed by atoms with Crippen molar-refractivity contribution in [1.82, 2.24) is 19.9 Å². The molecule has 8 rings (SSSR count). The molecule has 0 aliphatic carbocycles. The molecule has 0 unspecified atom stereocenters. The van der Waals surface area contributed by atoms with Crippen molar-refractivity contribution in [3.63, 3.8) is 0 Å². The number of rotatable bonds is 6. The number of fused-ring (bicyclic) bond motifs is 2. The zero-order chi connectivity index (χ0) is 40.6. The first-order valence-corrected chi connectivity index (χ1v) is 18.6. The Bertz CT molecular complexity index is 2760. The van der Waals surface area contributed by atoms with E-state index in [1.165, 1.54) is 30.3 Å². The Morgan fingerprint density at radius 2 is 1.09 bits per heavy atom. The lowest BCUT2D eigenvalue weighted by Crippen LogP contribution is -1.99. The van der Waals surface area contributed by atoms with Crippen molar-refractivity contribution in [3.05, 3.63) is 185 Å². The quantitative estimate of drug-likeness (QED) is 0.174. The summed E-state index contributed by atoms with van der Waals surface area (Å²) in [6.07, 6.45) is 6.76. The van der Waals surface area contributed by atoms with Crippen molar-refractivity contribution in [3.8, 4) is 22.5 Å². The highest BCUT2D eigenvalue weighted by molar-refractivity contribution is 6.32. The molecular formula is C46H35Cl3F2N6. The lowest BCUT2D eigenvalue weighted by molar-refractivity contribution is 0.630. The number of allylic oxidation sites excluding steroid dienone is 2. The number of benzene rings is 4. The molecule has 0 fully saturated rings. The van der Waals surface area contributed by atoms with Crippen LogP contribution in [0.2, 0.25) is 15.1 Å². The second-order valence-electron chi connectivity index (χ2n) is 12.9. The van der Waals surface area contributed by atoms with Crippen LogP contribution in [-0.2, 0) is 0 Å². The van der Waals surface area contributed by atoms with Gasteiger partial charge in [0.05, 0.1) is 27.4 Å². The molecule has 284 valence electrons. The number of anilines is 3. The zero-order valence-corrected chi connectivity index (χ0v) is 33.1. The number of para-hydroxylation sites is 2. The van der Waals surface area contributed by atoms with E-state index in [1.807, 2.05) is 80.6 Å². The van der Waals surface area contributed by atoms with Gasteiger partial charge in [-0.3, -0.25) is 19.9 Å². The molecule has 0 saturated carbocycles. The average molecular weight is 816 g/mol. The molecule has 3 N–H and O–H groups in total. The van der Waals surface area contributed by atoms with Crippen LogP contribution in [0.1, 0.15) is 25.0 Å². The monoisotopic (exact) mass is 814 g/mol. The van der Waals surface area contributed by atoms with Gasteiger partial charge in [0.2, 0.25) is 0 Å². The fourth-order valence-electron chi connectivity index (χ4n) is 5.79. The van der Waals surface area contributed by atoms with E-state index in [4.69, 9.17) is 40.5 Å². The molecule has 4 aromatic heterocycles. The van der Waals surface area contributed by atoms with Gasteiger partial charge in [-0.05, 0) is 97.8 Å². The highest BCUT2D eigenvalue weighted by atomic mass is 35.5. The smallest absolute Gasteiger partial charge is 0.132 e. The molecule has 0 spiro atoms. The van der Waals surface area contributed by atoms with Crippen molar-refractivity contribution in [2.75, 3.05) is 11.1 Å². The van der Waals surface area contributed by atoms with Gasteiger partial charge in [-0.25, -0.2) is 8.78 Å². The summed E-state index contributed by atoms with van der Waals surface area (Å²) < 4.78 is 28.0. The molecule has 11 heteroatoms. The molecule has 0 amide bonds. The number of nitrogens with one attached hydrogen (secondary N) is 1. The Morgan fingerprint density at radius 1 is 0.579 bits per heavy atom. The highest BCUT2D eigenvalue weighted by Crippen LogP contribution is 2.34. The summed E-state index contributed by atoms with van der Waals surface area (Å²) >= 11 is 18.0. The lowest BCUT2D eigenvalue weighted by Gasteiger charge is -2.15. The van der Waals surface area contributed by atoms with Gasteiger partial charge in [0.25, 0.3) is 0 Å². The Morgan fingerprint density at radius 3 is 1.65 bits per heavy atom. The number of pyridine rings is 4. The van der Waals surface area contributed by atoms with Crippen molar-refractivity contribution >= 4 is 84.8 Å². The number of halogens is 5. The molecule has 0 saturated heterocycles. The maximum absolute atomic E-state index is 14.3. The normalized spacial score (nSPS) is 10.6. The third-order valence-corrected chi connectivity index (χ3v) is 9.47. The molecule has 0 aliphatic heterocycles. The van der Waals surface area contributed by atoms with Gasteiger partial charge in [-0.15, -0.1) is 0 Å². The van der Waals surface area contributed by atoms with Crippen LogP contribution < -0.4 is 11.1 Å². The van der Waals surface area contributed by atoms with E-state index in [-0.39, 0.29) is 11.6 Å². The zero-order valence-electron chi connectivity index (χ0n) is 30.9. The third-order valence-electron chi connectivity index (χ3n) is 8.69. The van der Waals surface area contributed by atoms with E-state index in [2.05, 4.69) is 38.4 Å². The highest BCUT2D eigenvalue weighted by Gasteiger charge is 2.14. The lowest BCUT2D eigenvalue weighted by atomic mass is 10.0. The molecule has 8 aromatic rings. The first-order valence-electron chi connectivity index (χ1n) is 17.5. The van der Waals surface area contributed by atoms with E-state index in [1.54, 1.807) is 36.9 Å². The largest absolute Gasteiger partial charge is 0.398 e. The van der Waals surface area contributed by atoms with E-state index in [0.717, 1.165) is 61.1 Å². The van der Waals surface area contributed by atoms with Crippen LogP contribution in [0.3, 0.4) is 0 Å². The Labute approximate surface area is 344 Å². The number of nitrogen functional groups attached to an aromatic ring is 1. The molecule has 6 nitrogen and oxygen atoms in total. The standard InChI is InChI=1S/C23H17ClFN3.C14H10Cl2FN.C9H8N2/c1-14(2)18-13-27-22(17-11-15(24)7-8-19(17)25)12-23(18)28-21-9-10-26-20-6-4-3-5-16(20)21;1-8(2)11-7-18-14(6-12(11)16)10-5-9(15)3-4-13(10)17;10-8-5-6-11-9-4-2-1-3-7(8)9/h3-13H,1H2,2H3,(H,26,27,28);3-7H,1H2,2H3;1-6H,(H2,10,11). The van der Waals surface area contributed by atoms with Gasteiger partial charge in [0, 0.05) is 84.9 Å². The summed E-state index contributed by atoms with van der Waals surface area (Å²) in [6.45, 7) is 11.6. The van der Waals surface area contributed by atoms with Crippen molar-refractivity contribution in [2.45, 2.75) is 13.8 Å². The summed E-state index contributed by atoms with van der Waals surface area (Å²) in [5.41, 5.74) is 14.9. The summed E-state index contributed by atoms with van der Waals surface area (Å²) in [4.78, 5) is 17.2. The van der Waals surface area contributed by atoms with Crippen LogP contribution in [0.15, 0.2) is 147 Å². The van der Waals surface area contributed by atoms with Crippen LogP contribution in [0, 0.1) is 11.6 Å². The third kappa shape index (κ3) is 9.80. The van der Waals surface area contributed by atoms with Crippen molar-refractivity contribution in [2.24, 2.45) is 0 Å². The van der Waals surface area contributed by atoms with Crippen LogP contribution in [0.5, 0.6) is 0 Å². The molecule has 0 atom stereocenters. The molecule has 4 heterocycles. The van der Waals surface area contributed by atoms with Gasteiger partial charge in [-0.1, -0.05) is 84.4 Å². The number of hydrogen-bond acceptors (Lipinski definition) is 6. The molecular weight excluding hydrogens is 781 g/mol. The molecule has 4 aromatic carbocycles. The number of nitrogens with zero attached hydrogens (tertiary/aromatic N) is 4. The Balaban J connectivity index is 0.000000161. The summed E-state index contributed by atoms with van der Waals surface area (Å²) in [6, 6.07) is 31.6. The van der Waals surface area contributed by atoms with E-state index < -0.39 is 0 Å². The fourth-order valence-corrected chi connectivity index (χ4v) is 6.45. The molecule has 0 radical (unpaired) electrons. The van der Waals surface area contributed by atoms with E-state index in [9.17, 15) is 8.78 Å². The second-order valence-corrected chi connectivity index (χ2v) is 14.2. The van der Waals surface area contributed by atoms with Gasteiger partial charge in [-0.2, -0.15) is 0 Å². The first kappa shape index (κ1) is 40.5. The maximum Gasteiger partial charge on any atom is 0.132 e. The number of hydrogen-bond donors (Lipinski definition) is 2. The van der Waals surface area contributed by atoms with Gasteiger partial charge in [0.1, 0.15) is 11.6 Å². The Hall–Kier alpha value is -6.19. The summed E-state index contributed by atoms with van der Waals surface area (Å²) in [7, 11) is 0. The average Bonchev–Trinajstić information content (AvgIpc) is 3.20. The van der Waals surface area contributed by atoms with Gasteiger partial charge in [0.15, 0.2) is 0 Å². The van der Waals surface area contributed by atoms with E-state index >= 15 is 0 Å². The predicted molar refractivity (Wildman–Crippen MR) is 235 cm³/mol. The van der Waals surface area contributed by atoms with Crippen LogP contribution in [-0.4, -0.2) is 19.9 Å². The fraction of sp³-hybridized carbons (Fsp3) is 0.0435. The van der Waals surface area contributed by atoms with Crippen LogP contribution >= 0.6 is 34.8 Å². The predicted octanol–water partition coefficient (Wildman–Crippen LogP) is 13.9. The van der Waals surface area contributed by atoms with Gasteiger partial charge >= 0.3 is 0 Å². The molecule has 0 aliphatic rings. The summed E-state index contributed by atoms with van der Waals surface area (Å²) in [5, 5.41) is 6.86. The topological polar surface area (TPSA) is 89.6 Å². The van der Waals surface area contributed by atoms with Crippen molar-refractivity contribution in [1.29, 1.82) is 0 Å². The minimum Gasteiger partial charge on any atom is -0.398 e. The first-order chi connectivity index (χ1) is 27.4. The number of nitrogens with two attached hydrogens (primary N) is 1. The van der Waals surface area contributed by atoms with Gasteiger partial charge < -0.3 is 11.1 Å².